The summed E-state index contributed by atoms with van der Waals surface area (Å²) in [6, 6.07) is 3.75. The quantitative estimate of drug-likeness (QED) is 0.773. The third-order valence-electron chi connectivity index (χ3n) is 1.94. The molecule has 2 rings (SSSR count). The maximum Gasteiger partial charge on any atom is 0.192 e. The zero-order valence-electron chi connectivity index (χ0n) is 7.58. The standard InChI is InChI=1S/C10H8BrNO2/c1-6-12-9-5-8(11)4-7(2-3-13)10(9)14-6/h3-5H,2H2,1H3. The van der Waals surface area contributed by atoms with Crippen LogP contribution in [0.25, 0.3) is 11.1 Å². The van der Waals surface area contributed by atoms with E-state index in [4.69, 9.17) is 4.42 Å². The van der Waals surface area contributed by atoms with Gasteiger partial charge in [0.15, 0.2) is 11.5 Å². The minimum Gasteiger partial charge on any atom is -0.441 e. The number of rotatable bonds is 2. The molecule has 1 aromatic heterocycles. The average molecular weight is 254 g/mol. The minimum absolute atomic E-state index is 0.352. The van der Waals surface area contributed by atoms with E-state index in [1.807, 2.05) is 12.1 Å². The first-order valence-electron chi connectivity index (χ1n) is 4.20. The fraction of sp³-hybridized carbons (Fsp3) is 0.200. The monoisotopic (exact) mass is 253 g/mol. The molecule has 14 heavy (non-hydrogen) atoms. The van der Waals surface area contributed by atoms with Gasteiger partial charge < -0.3 is 9.21 Å². The fourth-order valence-electron chi connectivity index (χ4n) is 1.42. The summed E-state index contributed by atoms with van der Waals surface area (Å²) in [5, 5.41) is 0. The predicted octanol–water partition coefficient (Wildman–Crippen LogP) is 2.64. The number of carbonyl (C=O) groups is 1. The number of aldehydes is 1. The van der Waals surface area contributed by atoms with E-state index in [2.05, 4.69) is 20.9 Å². The Kier molecular flexibility index (Phi) is 2.37. The van der Waals surface area contributed by atoms with E-state index in [0.29, 0.717) is 17.9 Å². The third-order valence-corrected chi connectivity index (χ3v) is 2.40. The first-order valence-corrected chi connectivity index (χ1v) is 4.99. The van der Waals surface area contributed by atoms with Crippen molar-refractivity contribution in [3.63, 3.8) is 0 Å². The molecule has 2 aromatic rings. The van der Waals surface area contributed by atoms with Gasteiger partial charge in [0.1, 0.15) is 11.8 Å². The molecule has 0 spiro atoms. The van der Waals surface area contributed by atoms with Crippen LogP contribution in [0.4, 0.5) is 0 Å². The number of halogens is 1. The van der Waals surface area contributed by atoms with Crippen LogP contribution >= 0.6 is 15.9 Å². The Morgan fingerprint density at radius 2 is 2.36 bits per heavy atom. The lowest BCUT2D eigenvalue weighted by Gasteiger charge is -1.97. The van der Waals surface area contributed by atoms with Crippen molar-refractivity contribution in [2.24, 2.45) is 0 Å². The molecule has 0 saturated carbocycles. The van der Waals surface area contributed by atoms with Gasteiger partial charge in [0.05, 0.1) is 0 Å². The number of oxazole rings is 1. The van der Waals surface area contributed by atoms with Gasteiger partial charge in [0.2, 0.25) is 0 Å². The van der Waals surface area contributed by atoms with Crippen molar-refractivity contribution in [1.82, 2.24) is 4.98 Å². The summed E-state index contributed by atoms with van der Waals surface area (Å²) in [7, 11) is 0. The first-order chi connectivity index (χ1) is 6.70. The van der Waals surface area contributed by atoms with Crippen LogP contribution in [0.5, 0.6) is 0 Å². The van der Waals surface area contributed by atoms with Crippen molar-refractivity contribution < 1.29 is 9.21 Å². The van der Waals surface area contributed by atoms with Crippen LogP contribution in [0.1, 0.15) is 11.5 Å². The number of benzene rings is 1. The number of aryl methyl sites for hydroxylation is 1. The summed E-state index contributed by atoms with van der Waals surface area (Å²) in [4.78, 5) is 14.7. The number of hydrogen-bond acceptors (Lipinski definition) is 3. The second kappa shape index (κ2) is 3.53. The number of aromatic nitrogens is 1. The van der Waals surface area contributed by atoms with Crippen molar-refractivity contribution >= 4 is 33.3 Å². The number of hydrogen-bond donors (Lipinski definition) is 0. The lowest BCUT2D eigenvalue weighted by molar-refractivity contribution is -0.107. The van der Waals surface area contributed by atoms with E-state index in [1.54, 1.807) is 6.92 Å². The molecule has 0 aliphatic rings. The van der Waals surface area contributed by atoms with Crippen LogP contribution in [0.15, 0.2) is 21.0 Å². The van der Waals surface area contributed by atoms with Gasteiger partial charge in [-0.3, -0.25) is 0 Å². The predicted molar refractivity (Wildman–Crippen MR) is 56.2 cm³/mol. The Morgan fingerprint density at radius 1 is 1.57 bits per heavy atom. The van der Waals surface area contributed by atoms with E-state index in [0.717, 1.165) is 21.8 Å². The summed E-state index contributed by atoms with van der Waals surface area (Å²) < 4.78 is 6.33. The number of nitrogens with zero attached hydrogens (tertiary/aromatic N) is 1. The summed E-state index contributed by atoms with van der Waals surface area (Å²) in [6.45, 7) is 1.79. The Balaban J connectivity index is 2.72. The van der Waals surface area contributed by atoms with Gasteiger partial charge in [-0.2, -0.15) is 0 Å². The maximum atomic E-state index is 10.5. The first kappa shape index (κ1) is 9.40. The van der Waals surface area contributed by atoms with Gasteiger partial charge in [-0.15, -0.1) is 0 Å². The zero-order chi connectivity index (χ0) is 10.1. The summed E-state index contributed by atoms with van der Waals surface area (Å²) in [6.07, 6.45) is 1.21. The molecular formula is C10H8BrNO2. The highest BCUT2D eigenvalue weighted by Gasteiger charge is 2.08. The molecule has 0 aliphatic carbocycles. The molecule has 0 bridgehead atoms. The zero-order valence-corrected chi connectivity index (χ0v) is 9.17. The molecule has 0 aliphatic heterocycles. The smallest absolute Gasteiger partial charge is 0.192 e. The maximum absolute atomic E-state index is 10.5. The second-order valence-corrected chi connectivity index (χ2v) is 3.93. The average Bonchev–Trinajstić information content (AvgIpc) is 2.45. The molecule has 0 fully saturated rings. The Hall–Kier alpha value is -1.16. The molecule has 0 saturated heterocycles. The molecule has 3 nitrogen and oxygen atoms in total. The molecule has 0 radical (unpaired) electrons. The Labute approximate surface area is 89.3 Å². The molecule has 72 valence electrons. The van der Waals surface area contributed by atoms with Gasteiger partial charge in [0.25, 0.3) is 0 Å². The molecule has 0 amide bonds. The van der Waals surface area contributed by atoms with Crippen molar-refractivity contribution in [3.05, 3.63) is 28.1 Å². The highest BCUT2D eigenvalue weighted by Crippen LogP contribution is 2.24. The molecule has 4 heteroatoms. The topological polar surface area (TPSA) is 43.1 Å². The Morgan fingerprint density at radius 3 is 3.07 bits per heavy atom. The van der Waals surface area contributed by atoms with E-state index in [-0.39, 0.29) is 0 Å². The van der Waals surface area contributed by atoms with Crippen molar-refractivity contribution in [2.45, 2.75) is 13.3 Å². The Bertz CT molecular complexity index is 490. The van der Waals surface area contributed by atoms with E-state index >= 15 is 0 Å². The van der Waals surface area contributed by atoms with Crippen LogP contribution in [-0.2, 0) is 11.2 Å². The second-order valence-electron chi connectivity index (χ2n) is 3.02. The summed E-state index contributed by atoms with van der Waals surface area (Å²) in [5.41, 5.74) is 2.36. The fourth-order valence-corrected chi connectivity index (χ4v) is 1.91. The number of carbonyl (C=O) groups excluding carboxylic acids is 1. The third kappa shape index (κ3) is 1.57. The molecule has 1 heterocycles. The molecule has 0 unspecified atom stereocenters. The molecular weight excluding hydrogens is 246 g/mol. The van der Waals surface area contributed by atoms with E-state index < -0.39 is 0 Å². The lowest BCUT2D eigenvalue weighted by atomic mass is 10.1. The normalized spacial score (nSPS) is 10.7. The molecule has 0 atom stereocenters. The van der Waals surface area contributed by atoms with Gasteiger partial charge in [-0.05, 0) is 12.1 Å². The van der Waals surface area contributed by atoms with Gasteiger partial charge >= 0.3 is 0 Å². The van der Waals surface area contributed by atoms with Crippen molar-refractivity contribution in [1.29, 1.82) is 0 Å². The highest BCUT2D eigenvalue weighted by atomic mass is 79.9. The summed E-state index contributed by atoms with van der Waals surface area (Å²) in [5.74, 6) is 0.616. The molecule has 0 N–H and O–H groups in total. The van der Waals surface area contributed by atoms with Crippen molar-refractivity contribution in [3.8, 4) is 0 Å². The van der Waals surface area contributed by atoms with Gasteiger partial charge in [-0.25, -0.2) is 4.98 Å². The van der Waals surface area contributed by atoms with Crippen LogP contribution < -0.4 is 0 Å². The van der Waals surface area contributed by atoms with Gasteiger partial charge in [-0.1, -0.05) is 15.9 Å². The van der Waals surface area contributed by atoms with Gasteiger partial charge in [0, 0.05) is 23.4 Å². The molecule has 1 aromatic carbocycles. The number of fused-ring (bicyclic) bond motifs is 1. The van der Waals surface area contributed by atoms with E-state index in [1.165, 1.54) is 0 Å². The van der Waals surface area contributed by atoms with Crippen LogP contribution in [0, 0.1) is 6.92 Å². The van der Waals surface area contributed by atoms with Crippen LogP contribution in [0.3, 0.4) is 0 Å². The van der Waals surface area contributed by atoms with E-state index in [9.17, 15) is 4.79 Å². The van der Waals surface area contributed by atoms with Crippen LogP contribution in [-0.4, -0.2) is 11.3 Å². The summed E-state index contributed by atoms with van der Waals surface area (Å²) >= 11 is 3.36. The SMILES string of the molecule is Cc1nc2cc(Br)cc(CC=O)c2o1. The lowest BCUT2D eigenvalue weighted by Crippen LogP contribution is -1.86. The van der Waals surface area contributed by atoms with Crippen LogP contribution in [0.2, 0.25) is 0 Å². The minimum atomic E-state index is 0.352. The largest absolute Gasteiger partial charge is 0.441 e. The highest BCUT2D eigenvalue weighted by molar-refractivity contribution is 9.10. The van der Waals surface area contributed by atoms with Crippen molar-refractivity contribution in [2.75, 3.05) is 0 Å².